The van der Waals surface area contributed by atoms with Gasteiger partial charge in [-0.2, -0.15) is 0 Å². The Balaban J connectivity index is 0.000000391. The minimum absolute atomic E-state index is 0.491. The lowest BCUT2D eigenvalue weighted by atomic mass is 10.0. The molecule has 1 atom stereocenters. The molecular weight excluding hydrogens is 452 g/mol. The average molecular weight is 489 g/mol. The van der Waals surface area contributed by atoms with Crippen LogP contribution in [0.25, 0.3) is 21.8 Å². The number of likely N-dealkylation sites (tertiary alicyclic amines) is 2. The Morgan fingerprint density at radius 3 is 2.14 bits per heavy atom. The normalized spacial score (nSPS) is 18.5. The highest BCUT2D eigenvalue weighted by atomic mass is 16.7. The van der Waals surface area contributed by atoms with Crippen molar-refractivity contribution >= 4 is 28.0 Å². The summed E-state index contributed by atoms with van der Waals surface area (Å²) in [7, 11) is 4.35. The quantitative estimate of drug-likeness (QED) is 0.277. The number of H-pyrrole nitrogens is 2. The van der Waals surface area contributed by atoms with Crippen molar-refractivity contribution in [3.05, 3.63) is 59.9 Å². The van der Waals surface area contributed by atoms with Gasteiger partial charge >= 0.3 is 6.16 Å². The molecule has 4 heterocycles. The predicted octanol–water partition coefficient (Wildman–Crippen LogP) is 5.88. The summed E-state index contributed by atoms with van der Waals surface area (Å²) in [5.74, 6) is 1.01. The number of rotatable bonds is 4. The standard InChI is InChI=1S/C24H25N3O3.C5H11N/c1-15-13-25-18-7-3-9-20(22(15)18)29-24(28)30-21-10-4-8-19-23(21)16(14-26-19)12-17-6-5-11-27(17)2;1-6-4-2-3-5-6/h3-4,7-10,13-14,17,25-26H,5-6,11-12H2,1-2H3;2-5H2,1H3. The minimum atomic E-state index is -0.735. The van der Waals surface area contributed by atoms with E-state index in [1.807, 2.05) is 49.6 Å². The second kappa shape index (κ2) is 10.8. The molecule has 0 saturated carbocycles. The van der Waals surface area contributed by atoms with Gasteiger partial charge in [-0.05, 0) is 108 Å². The maximum atomic E-state index is 12.7. The summed E-state index contributed by atoms with van der Waals surface area (Å²) in [6.45, 7) is 5.75. The molecule has 2 aromatic heterocycles. The molecule has 7 nitrogen and oxygen atoms in total. The number of likely N-dealkylation sites (N-methyl/N-ethyl adjacent to an activating group) is 1. The van der Waals surface area contributed by atoms with Crippen molar-refractivity contribution in [2.75, 3.05) is 33.7 Å². The fourth-order valence-corrected chi connectivity index (χ4v) is 5.43. The monoisotopic (exact) mass is 488 g/mol. The van der Waals surface area contributed by atoms with E-state index >= 15 is 0 Å². The van der Waals surface area contributed by atoms with Crippen LogP contribution < -0.4 is 9.47 Å². The van der Waals surface area contributed by atoms with Crippen molar-refractivity contribution in [3.63, 3.8) is 0 Å². The number of benzene rings is 2. The molecule has 0 spiro atoms. The number of fused-ring (bicyclic) bond motifs is 2. The molecule has 2 fully saturated rings. The number of carbonyl (C=O) groups is 1. The van der Waals surface area contributed by atoms with E-state index in [9.17, 15) is 4.79 Å². The fourth-order valence-electron chi connectivity index (χ4n) is 5.43. The number of aryl methyl sites for hydroxylation is 1. The molecule has 0 amide bonds. The smallest absolute Gasteiger partial charge is 0.394 e. The average Bonchev–Trinajstić information content (AvgIpc) is 3.66. The highest BCUT2D eigenvalue weighted by Gasteiger charge is 2.23. The van der Waals surface area contributed by atoms with E-state index in [2.05, 4.69) is 33.9 Å². The summed E-state index contributed by atoms with van der Waals surface area (Å²) in [5, 5.41) is 1.84. The number of hydrogen-bond acceptors (Lipinski definition) is 5. The molecule has 4 aromatic rings. The van der Waals surface area contributed by atoms with Crippen molar-refractivity contribution < 1.29 is 14.3 Å². The van der Waals surface area contributed by atoms with Crippen LogP contribution in [0.1, 0.15) is 36.8 Å². The highest BCUT2D eigenvalue weighted by molar-refractivity contribution is 5.93. The van der Waals surface area contributed by atoms with E-state index in [1.165, 1.54) is 38.8 Å². The molecule has 0 aliphatic carbocycles. The zero-order valence-corrected chi connectivity index (χ0v) is 21.5. The van der Waals surface area contributed by atoms with Crippen LogP contribution in [0, 0.1) is 6.92 Å². The van der Waals surface area contributed by atoms with Crippen LogP contribution in [0.4, 0.5) is 4.79 Å². The lowest BCUT2D eigenvalue weighted by Crippen LogP contribution is -2.26. The first kappa shape index (κ1) is 24.4. The summed E-state index contributed by atoms with van der Waals surface area (Å²) >= 11 is 0. The van der Waals surface area contributed by atoms with E-state index in [0.29, 0.717) is 17.5 Å². The lowest BCUT2D eigenvalue weighted by Gasteiger charge is -2.19. The summed E-state index contributed by atoms with van der Waals surface area (Å²) in [6.07, 6.45) is 9.35. The van der Waals surface area contributed by atoms with E-state index in [-0.39, 0.29) is 0 Å². The second-order valence-electron chi connectivity index (χ2n) is 10.1. The van der Waals surface area contributed by atoms with Crippen LogP contribution in [-0.2, 0) is 6.42 Å². The zero-order chi connectivity index (χ0) is 25.1. The molecule has 190 valence electrons. The molecule has 36 heavy (non-hydrogen) atoms. The van der Waals surface area contributed by atoms with Crippen LogP contribution in [-0.4, -0.2) is 65.7 Å². The van der Waals surface area contributed by atoms with Crippen LogP contribution in [0.15, 0.2) is 48.8 Å². The van der Waals surface area contributed by atoms with Gasteiger partial charge in [0, 0.05) is 40.2 Å². The Labute approximate surface area is 212 Å². The maximum absolute atomic E-state index is 12.7. The maximum Gasteiger partial charge on any atom is 0.519 e. The summed E-state index contributed by atoms with van der Waals surface area (Å²) in [6, 6.07) is 11.8. The van der Waals surface area contributed by atoms with E-state index in [1.54, 1.807) is 6.07 Å². The molecule has 2 aliphatic heterocycles. The van der Waals surface area contributed by atoms with Gasteiger partial charge in [-0.3, -0.25) is 0 Å². The van der Waals surface area contributed by atoms with Crippen LogP contribution in [0.3, 0.4) is 0 Å². The number of nitrogens with zero attached hydrogens (tertiary/aromatic N) is 2. The Morgan fingerprint density at radius 1 is 0.889 bits per heavy atom. The van der Waals surface area contributed by atoms with Gasteiger partial charge in [-0.15, -0.1) is 0 Å². The zero-order valence-electron chi connectivity index (χ0n) is 21.5. The number of aromatic amines is 2. The molecule has 0 radical (unpaired) electrons. The SMILES string of the molecule is CN1CCCC1.Cc1c[nH]c2cccc(OC(=O)Oc3cccc4[nH]cc(CC5CCCN5C)c34)c12. The molecule has 2 aromatic carbocycles. The van der Waals surface area contributed by atoms with Crippen LogP contribution in [0.5, 0.6) is 11.5 Å². The Morgan fingerprint density at radius 2 is 1.53 bits per heavy atom. The molecule has 6 rings (SSSR count). The van der Waals surface area contributed by atoms with Gasteiger partial charge in [0.15, 0.2) is 0 Å². The van der Waals surface area contributed by atoms with Gasteiger partial charge in [0.2, 0.25) is 0 Å². The second-order valence-corrected chi connectivity index (χ2v) is 10.1. The molecule has 2 aliphatic rings. The highest BCUT2D eigenvalue weighted by Crippen LogP contribution is 2.33. The third kappa shape index (κ3) is 5.27. The third-order valence-corrected chi connectivity index (χ3v) is 7.46. The van der Waals surface area contributed by atoms with Crippen molar-refractivity contribution in [2.24, 2.45) is 0 Å². The number of ether oxygens (including phenoxy) is 2. The summed E-state index contributed by atoms with van der Waals surface area (Å²) < 4.78 is 11.3. The van der Waals surface area contributed by atoms with Crippen molar-refractivity contribution in [1.29, 1.82) is 0 Å². The van der Waals surface area contributed by atoms with Gasteiger partial charge in [0.05, 0.1) is 0 Å². The first-order valence-electron chi connectivity index (χ1n) is 12.9. The fraction of sp³-hybridized carbons (Fsp3) is 0.414. The molecule has 7 heteroatoms. The van der Waals surface area contributed by atoms with Gasteiger partial charge in [0.25, 0.3) is 0 Å². The number of nitrogens with one attached hydrogen (secondary N) is 2. The van der Waals surface area contributed by atoms with Gasteiger partial charge < -0.3 is 29.2 Å². The topological polar surface area (TPSA) is 73.6 Å². The van der Waals surface area contributed by atoms with Crippen molar-refractivity contribution in [3.8, 4) is 11.5 Å². The summed E-state index contributed by atoms with van der Waals surface area (Å²) in [4.78, 5) is 23.9. The first-order valence-corrected chi connectivity index (χ1v) is 12.9. The van der Waals surface area contributed by atoms with E-state index in [4.69, 9.17) is 9.47 Å². The lowest BCUT2D eigenvalue weighted by molar-refractivity contribution is 0.153. The molecule has 2 saturated heterocycles. The third-order valence-electron chi connectivity index (χ3n) is 7.46. The van der Waals surface area contributed by atoms with Gasteiger partial charge in [0.1, 0.15) is 11.5 Å². The molecule has 0 bridgehead atoms. The van der Waals surface area contributed by atoms with Crippen LogP contribution in [0.2, 0.25) is 0 Å². The van der Waals surface area contributed by atoms with E-state index in [0.717, 1.165) is 45.9 Å². The number of aromatic nitrogens is 2. The number of hydrogen-bond donors (Lipinski definition) is 2. The number of carbonyl (C=O) groups excluding carboxylic acids is 1. The van der Waals surface area contributed by atoms with E-state index < -0.39 is 6.16 Å². The van der Waals surface area contributed by atoms with Crippen LogP contribution >= 0.6 is 0 Å². The van der Waals surface area contributed by atoms with Gasteiger partial charge in [-0.25, -0.2) is 4.79 Å². The largest absolute Gasteiger partial charge is 0.519 e. The predicted molar refractivity (Wildman–Crippen MR) is 144 cm³/mol. The Kier molecular flexibility index (Phi) is 7.30. The summed E-state index contributed by atoms with van der Waals surface area (Å²) in [5.41, 5.74) is 4.06. The Bertz CT molecular complexity index is 1340. The minimum Gasteiger partial charge on any atom is -0.394 e. The molecule has 1 unspecified atom stereocenters. The van der Waals surface area contributed by atoms with Gasteiger partial charge in [-0.1, -0.05) is 12.1 Å². The molecular formula is C29H36N4O3. The first-order chi connectivity index (χ1) is 17.5. The van der Waals surface area contributed by atoms with Crippen molar-refractivity contribution in [2.45, 2.75) is 45.1 Å². The molecule has 2 N–H and O–H groups in total. The Hall–Kier alpha value is -3.29. The van der Waals surface area contributed by atoms with Crippen molar-refractivity contribution in [1.82, 2.24) is 19.8 Å².